The highest BCUT2D eigenvalue weighted by molar-refractivity contribution is 7.98. The predicted octanol–water partition coefficient (Wildman–Crippen LogP) is -0.820. The molecule has 0 heterocycles. The second-order valence-corrected chi connectivity index (χ2v) is 6.67. The quantitative estimate of drug-likeness (QED) is 0.181. The van der Waals surface area contributed by atoms with Crippen LogP contribution in [0.3, 0.4) is 0 Å². The van der Waals surface area contributed by atoms with Gasteiger partial charge in [0.25, 0.3) is 0 Å². The summed E-state index contributed by atoms with van der Waals surface area (Å²) in [5.41, 5.74) is 11.2. The number of unbranched alkanes of at least 4 members (excludes halogenated alkanes) is 1. The van der Waals surface area contributed by atoms with Gasteiger partial charge in [-0.15, -0.1) is 0 Å². The molecule has 0 unspecified atom stereocenters. The van der Waals surface area contributed by atoms with Crippen molar-refractivity contribution in [3.05, 3.63) is 0 Å². The summed E-state index contributed by atoms with van der Waals surface area (Å²) in [4.78, 5) is 35.4. The van der Waals surface area contributed by atoms with Crippen LogP contribution in [-0.2, 0) is 14.4 Å². The van der Waals surface area contributed by atoms with Gasteiger partial charge in [-0.1, -0.05) is 6.42 Å². The molecule has 0 bridgehead atoms. The maximum Gasteiger partial charge on any atom is 0.327 e. The number of carboxylic acids is 1. The van der Waals surface area contributed by atoms with Crippen LogP contribution in [0.15, 0.2) is 0 Å². The normalized spacial score (nSPS) is 14.5. The molecule has 140 valence electrons. The molecule has 0 aromatic heterocycles. The van der Waals surface area contributed by atoms with Crippen LogP contribution >= 0.6 is 24.4 Å². The minimum atomic E-state index is -1.17. The molecule has 0 aliphatic carbocycles. The average molecular weight is 381 g/mol. The summed E-state index contributed by atoms with van der Waals surface area (Å²) in [5, 5.41) is 14.0. The highest BCUT2D eigenvalue weighted by Gasteiger charge is 2.26. The van der Waals surface area contributed by atoms with Crippen molar-refractivity contribution in [2.24, 2.45) is 11.5 Å². The molecule has 0 aromatic carbocycles. The molecule has 0 aliphatic heterocycles. The van der Waals surface area contributed by atoms with Crippen LogP contribution in [0.5, 0.6) is 0 Å². The maximum absolute atomic E-state index is 12.3. The number of hydrogen-bond donors (Lipinski definition) is 6. The van der Waals surface area contributed by atoms with Crippen molar-refractivity contribution >= 4 is 42.2 Å². The molecule has 7 N–H and O–H groups in total. The lowest BCUT2D eigenvalue weighted by Crippen LogP contribution is -2.55. The van der Waals surface area contributed by atoms with Gasteiger partial charge in [0, 0.05) is 5.75 Å². The highest BCUT2D eigenvalue weighted by Crippen LogP contribution is 2.04. The van der Waals surface area contributed by atoms with E-state index in [1.54, 1.807) is 0 Å². The van der Waals surface area contributed by atoms with Gasteiger partial charge in [0.15, 0.2) is 0 Å². The maximum atomic E-state index is 12.3. The van der Waals surface area contributed by atoms with E-state index in [0.717, 1.165) is 12.8 Å². The Hall–Kier alpha value is -0.970. The van der Waals surface area contributed by atoms with E-state index in [0.29, 0.717) is 25.1 Å². The molecule has 3 atom stereocenters. The smallest absolute Gasteiger partial charge is 0.327 e. The van der Waals surface area contributed by atoms with Crippen LogP contribution < -0.4 is 22.1 Å². The van der Waals surface area contributed by atoms with Gasteiger partial charge < -0.3 is 27.2 Å². The SMILES string of the molecule is CSCC[C@H](NC(=O)[C@@H](N)CCCCN)C(=O)N[C@@H](CS)C(=O)O. The summed E-state index contributed by atoms with van der Waals surface area (Å²) < 4.78 is 0. The number of thiol groups is 1. The van der Waals surface area contributed by atoms with E-state index in [4.69, 9.17) is 16.6 Å². The molecule has 0 aliphatic rings. The van der Waals surface area contributed by atoms with Gasteiger partial charge in [-0.05, 0) is 37.8 Å². The molecular formula is C14H28N4O4S2. The zero-order valence-corrected chi connectivity index (χ0v) is 15.6. The van der Waals surface area contributed by atoms with Crippen molar-refractivity contribution < 1.29 is 19.5 Å². The number of carbonyl (C=O) groups excluding carboxylic acids is 2. The van der Waals surface area contributed by atoms with E-state index >= 15 is 0 Å². The standard InChI is InChI=1S/C14H28N4O4S2/c1-24-7-5-10(13(20)18-11(8-23)14(21)22)17-12(19)9(16)4-2-3-6-15/h9-11,23H,2-8,15-16H2,1H3,(H,17,19)(H,18,20)(H,21,22)/t9-,10-,11-/m0/s1. The minimum Gasteiger partial charge on any atom is -0.480 e. The predicted molar refractivity (Wildman–Crippen MR) is 99.2 cm³/mol. The van der Waals surface area contributed by atoms with Crippen molar-refractivity contribution in [2.75, 3.05) is 24.3 Å². The Morgan fingerprint density at radius 2 is 1.75 bits per heavy atom. The van der Waals surface area contributed by atoms with E-state index in [-0.39, 0.29) is 5.75 Å². The van der Waals surface area contributed by atoms with Gasteiger partial charge in [-0.25, -0.2) is 4.79 Å². The second kappa shape index (κ2) is 13.3. The molecule has 8 nitrogen and oxygen atoms in total. The number of amides is 2. The van der Waals surface area contributed by atoms with Crippen LogP contribution in [0.1, 0.15) is 25.7 Å². The van der Waals surface area contributed by atoms with Crippen LogP contribution in [0.4, 0.5) is 0 Å². The van der Waals surface area contributed by atoms with Crippen molar-refractivity contribution in [1.29, 1.82) is 0 Å². The third-order valence-corrected chi connectivity index (χ3v) is 4.36. The Labute approximate surface area is 152 Å². The molecular weight excluding hydrogens is 352 g/mol. The Morgan fingerprint density at radius 3 is 2.25 bits per heavy atom. The summed E-state index contributed by atoms with van der Waals surface area (Å²) in [5.74, 6) is -1.55. The van der Waals surface area contributed by atoms with Crippen LogP contribution in [0.25, 0.3) is 0 Å². The first-order valence-corrected chi connectivity index (χ1v) is 9.79. The zero-order valence-electron chi connectivity index (χ0n) is 13.9. The van der Waals surface area contributed by atoms with E-state index < -0.39 is 35.9 Å². The Morgan fingerprint density at radius 1 is 1.12 bits per heavy atom. The van der Waals surface area contributed by atoms with Gasteiger partial charge in [-0.2, -0.15) is 24.4 Å². The van der Waals surface area contributed by atoms with E-state index in [9.17, 15) is 14.4 Å². The Kier molecular flexibility index (Phi) is 12.8. The van der Waals surface area contributed by atoms with Gasteiger partial charge in [-0.3, -0.25) is 9.59 Å². The first-order chi connectivity index (χ1) is 11.4. The van der Waals surface area contributed by atoms with E-state index in [1.165, 1.54) is 11.8 Å². The molecule has 0 spiro atoms. The average Bonchev–Trinajstić information content (AvgIpc) is 2.55. The zero-order chi connectivity index (χ0) is 18.5. The number of carboxylic acid groups (broad SMARTS) is 1. The highest BCUT2D eigenvalue weighted by atomic mass is 32.2. The van der Waals surface area contributed by atoms with Crippen molar-refractivity contribution in [3.63, 3.8) is 0 Å². The molecule has 10 heteroatoms. The molecule has 0 radical (unpaired) electrons. The van der Waals surface area contributed by atoms with Gasteiger partial charge in [0.1, 0.15) is 12.1 Å². The molecule has 0 aromatic rings. The number of hydrogen-bond acceptors (Lipinski definition) is 7. The van der Waals surface area contributed by atoms with Crippen LogP contribution in [0, 0.1) is 0 Å². The summed E-state index contributed by atoms with van der Waals surface area (Å²) >= 11 is 5.42. The lowest BCUT2D eigenvalue weighted by molar-refractivity contribution is -0.141. The monoisotopic (exact) mass is 380 g/mol. The summed E-state index contributed by atoms with van der Waals surface area (Å²) in [6.07, 6.45) is 4.25. The lowest BCUT2D eigenvalue weighted by atomic mass is 10.1. The number of rotatable bonds is 13. The van der Waals surface area contributed by atoms with Crippen LogP contribution in [-0.4, -0.2) is 65.3 Å². The third kappa shape index (κ3) is 9.36. The van der Waals surface area contributed by atoms with Crippen LogP contribution in [0.2, 0.25) is 0 Å². The van der Waals surface area contributed by atoms with Gasteiger partial charge in [0.2, 0.25) is 11.8 Å². The lowest BCUT2D eigenvalue weighted by Gasteiger charge is -2.22. The first kappa shape index (κ1) is 23.0. The molecule has 0 rings (SSSR count). The van der Waals surface area contributed by atoms with Crippen molar-refractivity contribution in [1.82, 2.24) is 10.6 Å². The largest absolute Gasteiger partial charge is 0.480 e. The fourth-order valence-corrected chi connectivity index (χ4v) is 2.60. The summed E-state index contributed by atoms with van der Waals surface area (Å²) in [6, 6.07) is -2.65. The summed E-state index contributed by atoms with van der Waals surface area (Å²) in [6.45, 7) is 0.535. The molecule has 0 saturated carbocycles. The molecule has 2 amide bonds. The Bertz CT molecular complexity index is 412. The molecule has 0 fully saturated rings. The van der Waals surface area contributed by atoms with E-state index in [1.807, 2.05) is 6.26 Å². The third-order valence-electron chi connectivity index (χ3n) is 3.35. The fourth-order valence-electron chi connectivity index (χ4n) is 1.88. The topological polar surface area (TPSA) is 148 Å². The van der Waals surface area contributed by atoms with Crippen molar-refractivity contribution in [2.45, 2.75) is 43.8 Å². The molecule has 0 saturated heterocycles. The fraction of sp³-hybridized carbons (Fsp3) is 0.786. The second-order valence-electron chi connectivity index (χ2n) is 5.32. The Balaban J connectivity index is 4.71. The molecule has 24 heavy (non-hydrogen) atoms. The van der Waals surface area contributed by atoms with Gasteiger partial charge >= 0.3 is 5.97 Å². The summed E-state index contributed by atoms with van der Waals surface area (Å²) in [7, 11) is 0. The van der Waals surface area contributed by atoms with Gasteiger partial charge in [0.05, 0.1) is 6.04 Å². The van der Waals surface area contributed by atoms with E-state index in [2.05, 4.69) is 23.3 Å². The minimum absolute atomic E-state index is 0.0388. The number of aliphatic carboxylic acids is 1. The first-order valence-electron chi connectivity index (χ1n) is 7.76. The number of nitrogens with one attached hydrogen (secondary N) is 2. The number of nitrogens with two attached hydrogens (primary N) is 2. The van der Waals surface area contributed by atoms with Crippen molar-refractivity contribution in [3.8, 4) is 0 Å². The number of carbonyl (C=O) groups is 3. The number of thioether (sulfide) groups is 1.